The molecule has 1 heterocycles. The van der Waals surface area contributed by atoms with Gasteiger partial charge in [0.25, 0.3) is 0 Å². The molecule has 1 aliphatic rings. The third kappa shape index (κ3) is 3.28. The van der Waals surface area contributed by atoms with E-state index in [-0.39, 0.29) is 5.84 Å². The van der Waals surface area contributed by atoms with Crippen LogP contribution in [-0.2, 0) is 6.54 Å². The van der Waals surface area contributed by atoms with Gasteiger partial charge in [-0.1, -0.05) is 37.9 Å². The predicted octanol–water partition coefficient (Wildman–Crippen LogP) is 2.09. The highest BCUT2D eigenvalue weighted by Gasteiger charge is 2.26. The zero-order valence-corrected chi connectivity index (χ0v) is 12.2. The van der Waals surface area contributed by atoms with Crippen molar-refractivity contribution in [3.63, 3.8) is 0 Å². The molecular formula is C15H24N4O. The molecule has 1 aromatic heterocycles. The fraction of sp³-hybridized carbons (Fsp3) is 0.600. The van der Waals surface area contributed by atoms with Crippen molar-refractivity contribution in [1.29, 1.82) is 0 Å². The van der Waals surface area contributed by atoms with Gasteiger partial charge in [0.2, 0.25) is 0 Å². The maximum Gasteiger partial charge on any atom is 0.189 e. The fourth-order valence-electron chi connectivity index (χ4n) is 2.97. The van der Waals surface area contributed by atoms with Gasteiger partial charge in [-0.2, -0.15) is 0 Å². The van der Waals surface area contributed by atoms with Crippen molar-refractivity contribution in [3.8, 4) is 0 Å². The van der Waals surface area contributed by atoms with E-state index >= 15 is 0 Å². The molecule has 0 saturated heterocycles. The van der Waals surface area contributed by atoms with E-state index in [4.69, 9.17) is 10.9 Å². The summed E-state index contributed by atoms with van der Waals surface area (Å²) < 4.78 is 0. The number of aromatic nitrogens is 1. The monoisotopic (exact) mass is 276 g/mol. The molecule has 4 N–H and O–H groups in total. The Labute approximate surface area is 120 Å². The largest absolute Gasteiger partial charge is 0.409 e. The summed E-state index contributed by atoms with van der Waals surface area (Å²) >= 11 is 0. The standard InChI is InChI=1S/C15H24N4O/c1-10-5-3-7-13(11(10)2)18-9-12-6-4-8-17-14(12)15(16)19-20/h4,6,8,10-11,13,18,20H,3,5,7,9H2,1-2H3,(H2,16,19). The molecule has 5 heteroatoms. The van der Waals surface area contributed by atoms with Crippen LogP contribution < -0.4 is 11.1 Å². The Kier molecular flexibility index (Phi) is 4.95. The Morgan fingerprint density at radius 2 is 2.30 bits per heavy atom. The average Bonchev–Trinajstić information content (AvgIpc) is 2.48. The predicted molar refractivity (Wildman–Crippen MR) is 79.6 cm³/mol. The van der Waals surface area contributed by atoms with Gasteiger partial charge in [-0.15, -0.1) is 0 Å². The summed E-state index contributed by atoms with van der Waals surface area (Å²) in [7, 11) is 0. The third-order valence-corrected chi connectivity index (χ3v) is 4.50. The van der Waals surface area contributed by atoms with Crippen LogP contribution in [0.3, 0.4) is 0 Å². The molecule has 3 atom stereocenters. The summed E-state index contributed by atoms with van der Waals surface area (Å²) in [6, 6.07) is 4.36. The second kappa shape index (κ2) is 6.70. The maximum absolute atomic E-state index is 8.81. The molecule has 110 valence electrons. The minimum Gasteiger partial charge on any atom is -0.409 e. The summed E-state index contributed by atoms with van der Waals surface area (Å²) in [6.07, 6.45) is 5.47. The molecule has 0 spiro atoms. The van der Waals surface area contributed by atoms with Gasteiger partial charge < -0.3 is 16.3 Å². The second-order valence-electron chi connectivity index (χ2n) is 5.75. The van der Waals surface area contributed by atoms with E-state index in [1.54, 1.807) is 6.20 Å². The quantitative estimate of drug-likeness (QED) is 0.340. The van der Waals surface area contributed by atoms with Gasteiger partial charge in [0.1, 0.15) is 5.69 Å². The second-order valence-corrected chi connectivity index (χ2v) is 5.75. The van der Waals surface area contributed by atoms with Crippen molar-refractivity contribution in [2.45, 2.75) is 45.7 Å². The molecular weight excluding hydrogens is 252 g/mol. The summed E-state index contributed by atoms with van der Waals surface area (Å²) in [6.45, 7) is 5.33. The first-order chi connectivity index (χ1) is 9.63. The molecule has 20 heavy (non-hydrogen) atoms. The van der Waals surface area contributed by atoms with Crippen molar-refractivity contribution in [3.05, 3.63) is 29.6 Å². The van der Waals surface area contributed by atoms with E-state index in [0.29, 0.717) is 24.2 Å². The lowest BCUT2D eigenvalue weighted by molar-refractivity contribution is 0.206. The van der Waals surface area contributed by atoms with Gasteiger partial charge in [0.05, 0.1) is 0 Å². The molecule has 0 radical (unpaired) electrons. The van der Waals surface area contributed by atoms with Gasteiger partial charge in [-0.3, -0.25) is 4.98 Å². The van der Waals surface area contributed by atoms with Crippen LogP contribution in [0.25, 0.3) is 0 Å². The van der Waals surface area contributed by atoms with E-state index in [1.165, 1.54) is 19.3 Å². The smallest absolute Gasteiger partial charge is 0.189 e. The lowest BCUT2D eigenvalue weighted by Gasteiger charge is -2.34. The first-order valence-corrected chi connectivity index (χ1v) is 7.28. The van der Waals surface area contributed by atoms with Crippen molar-refractivity contribution in [1.82, 2.24) is 10.3 Å². The molecule has 0 aromatic carbocycles. The minimum atomic E-state index is 0.0625. The number of amidine groups is 1. The van der Waals surface area contributed by atoms with Crippen molar-refractivity contribution < 1.29 is 5.21 Å². The Morgan fingerprint density at radius 1 is 1.50 bits per heavy atom. The highest BCUT2D eigenvalue weighted by atomic mass is 16.4. The molecule has 3 unspecified atom stereocenters. The molecule has 1 aromatic rings. The van der Waals surface area contributed by atoms with Crippen LogP contribution in [0, 0.1) is 11.8 Å². The van der Waals surface area contributed by atoms with Crippen LogP contribution >= 0.6 is 0 Å². The van der Waals surface area contributed by atoms with Crippen LogP contribution in [0.4, 0.5) is 0 Å². The van der Waals surface area contributed by atoms with Crippen LogP contribution in [-0.4, -0.2) is 22.1 Å². The maximum atomic E-state index is 8.81. The number of hydrogen-bond acceptors (Lipinski definition) is 4. The number of oxime groups is 1. The zero-order valence-electron chi connectivity index (χ0n) is 12.2. The number of nitrogens with one attached hydrogen (secondary N) is 1. The van der Waals surface area contributed by atoms with Crippen molar-refractivity contribution >= 4 is 5.84 Å². The van der Waals surface area contributed by atoms with Crippen molar-refractivity contribution in [2.75, 3.05) is 0 Å². The molecule has 1 saturated carbocycles. The van der Waals surface area contributed by atoms with E-state index < -0.39 is 0 Å². The van der Waals surface area contributed by atoms with Crippen LogP contribution in [0.5, 0.6) is 0 Å². The first kappa shape index (κ1) is 14.8. The van der Waals surface area contributed by atoms with Crippen LogP contribution in [0.1, 0.15) is 44.4 Å². The summed E-state index contributed by atoms with van der Waals surface area (Å²) in [5, 5.41) is 15.5. The van der Waals surface area contributed by atoms with E-state index in [9.17, 15) is 0 Å². The normalized spacial score (nSPS) is 27.5. The van der Waals surface area contributed by atoms with Gasteiger partial charge >= 0.3 is 0 Å². The Balaban J connectivity index is 2.04. The Bertz CT molecular complexity index is 475. The van der Waals surface area contributed by atoms with E-state index in [2.05, 4.69) is 29.3 Å². The van der Waals surface area contributed by atoms with Crippen LogP contribution in [0.2, 0.25) is 0 Å². The minimum absolute atomic E-state index is 0.0625. The van der Waals surface area contributed by atoms with E-state index in [1.807, 2.05) is 12.1 Å². The Morgan fingerprint density at radius 3 is 3.05 bits per heavy atom. The van der Waals surface area contributed by atoms with Gasteiger partial charge in [0, 0.05) is 18.8 Å². The number of rotatable bonds is 4. The molecule has 1 aliphatic carbocycles. The van der Waals surface area contributed by atoms with Gasteiger partial charge in [-0.25, -0.2) is 0 Å². The zero-order chi connectivity index (χ0) is 14.5. The van der Waals surface area contributed by atoms with Gasteiger partial charge in [0.15, 0.2) is 5.84 Å². The summed E-state index contributed by atoms with van der Waals surface area (Å²) in [5.74, 6) is 1.50. The topological polar surface area (TPSA) is 83.5 Å². The highest BCUT2D eigenvalue weighted by Crippen LogP contribution is 2.29. The molecule has 2 rings (SSSR count). The number of hydrogen-bond donors (Lipinski definition) is 3. The molecule has 0 bridgehead atoms. The van der Waals surface area contributed by atoms with Crippen LogP contribution in [0.15, 0.2) is 23.5 Å². The SMILES string of the molecule is CC1CCCC(NCc2cccnc2C(N)=NO)C1C. The van der Waals surface area contributed by atoms with Gasteiger partial charge in [-0.05, 0) is 29.9 Å². The van der Waals surface area contributed by atoms with Crippen molar-refractivity contribution in [2.24, 2.45) is 22.7 Å². The summed E-state index contributed by atoms with van der Waals surface area (Å²) in [4.78, 5) is 4.19. The third-order valence-electron chi connectivity index (χ3n) is 4.50. The van der Waals surface area contributed by atoms with E-state index in [0.717, 1.165) is 11.5 Å². The number of pyridine rings is 1. The summed E-state index contributed by atoms with van der Waals surface area (Å²) in [5.41, 5.74) is 7.18. The lowest BCUT2D eigenvalue weighted by atomic mass is 9.78. The molecule has 0 aliphatic heterocycles. The lowest BCUT2D eigenvalue weighted by Crippen LogP contribution is -2.40. The average molecular weight is 276 g/mol. The molecule has 5 nitrogen and oxygen atoms in total. The molecule has 1 fully saturated rings. The number of nitrogens with two attached hydrogens (primary N) is 1. The highest BCUT2D eigenvalue weighted by molar-refractivity contribution is 5.96. The number of nitrogens with zero attached hydrogens (tertiary/aromatic N) is 2. The fourth-order valence-corrected chi connectivity index (χ4v) is 2.97. The molecule has 0 amide bonds. The first-order valence-electron chi connectivity index (χ1n) is 7.28. The Hall–Kier alpha value is -1.62.